The second-order valence-electron chi connectivity index (χ2n) is 30.3. The number of rotatable bonds is 68. The van der Waals surface area contributed by atoms with E-state index in [2.05, 4.69) is 43.5 Å². The number of carbonyl (C=O) groups is 1. The Hall–Kier alpha value is -1.99. The number of hydrogen-bond acceptors (Lipinski definition) is 18. The third kappa shape index (κ3) is 43.3. The van der Waals surface area contributed by atoms with E-state index in [1.165, 1.54) is 283 Å². The molecule has 17 atom stereocenters. The maximum Gasteiger partial charge on any atom is 0.220 e. The highest BCUT2D eigenvalue weighted by Gasteiger charge is 2.54. The van der Waals surface area contributed by atoms with Gasteiger partial charge in [0.15, 0.2) is 18.9 Å². The Morgan fingerprint density at radius 3 is 0.980 bits per heavy atom. The molecule has 0 aromatic carbocycles. The molecule has 3 heterocycles. The zero-order chi connectivity index (χ0) is 73.9. The number of ether oxygens (including phenoxy) is 6. The van der Waals surface area contributed by atoms with Gasteiger partial charge < -0.3 is 89.9 Å². The van der Waals surface area contributed by atoms with Crippen molar-refractivity contribution in [3.05, 3.63) is 36.5 Å². The molecule has 0 radical (unpaired) electrons. The first kappa shape index (κ1) is 94.2. The summed E-state index contributed by atoms with van der Waals surface area (Å²) in [5.41, 5.74) is 0. The Morgan fingerprint density at radius 2 is 0.627 bits per heavy atom. The molecule has 12 N–H and O–H groups in total. The Labute approximate surface area is 619 Å². The van der Waals surface area contributed by atoms with Crippen molar-refractivity contribution < 1.29 is 89.4 Å². The molecule has 0 spiro atoms. The van der Waals surface area contributed by atoms with Gasteiger partial charge in [-0.1, -0.05) is 326 Å². The molecular weight excluding hydrogens is 1300 g/mol. The lowest BCUT2D eigenvalue weighted by atomic mass is 9.96. The van der Waals surface area contributed by atoms with Crippen LogP contribution in [0, 0.1) is 0 Å². The molecule has 0 aromatic heterocycles. The zero-order valence-electron chi connectivity index (χ0n) is 64.4. The SMILES string of the molecule is CCCCCCCCCC/C=C\CCCCCCCCCCCCCCCCCCCCCCCCCCCCCCCC(=O)NC(COC1OC(CO)C(OC2OC(CO)C(OC3OC(CO)C(O)C(O)C3O)C(O)C2O)C(O)C1O)C(O)/C=C/CC/C=C/CCCCCCCCCCCC. The van der Waals surface area contributed by atoms with Gasteiger partial charge in [-0.25, -0.2) is 0 Å². The van der Waals surface area contributed by atoms with Crippen molar-refractivity contribution in [1.29, 1.82) is 0 Å². The molecular formula is C83H155NO18. The number of allylic oxidation sites excluding steroid dienone is 5. The molecule has 0 aromatic rings. The van der Waals surface area contributed by atoms with Crippen molar-refractivity contribution in [1.82, 2.24) is 5.32 Å². The maximum atomic E-state index is 13.5. The van der Waals surface area contributed by atoms with Crippen LogP contribution in [0.2, 0.25) is 0 Å². The highest BCUT2D eigenvalue weighted by atomic mass is 16.8. The zero-order valence-corrected chi connectivity index (χ0v) is 64.4. The van der Waals surface area contributed by atoms with E-state index >= 15 is 0 Å². The van der Waals surface area contributed by atoms with Gasteiger partial charge in [0.1, 0.15) is 73.2 Å². The second kappa shape index (κ2) is 63.9. The Morgan fingerprint density at radius 1 is 0.343 bits per heavy atom. The predicted octanol–water partition coefficient (Wildman–Crippen LogP) is 14.7. The van der Waals surface area contributed by atoms with Gasteiger partial charge >= 0.3 is 0 Å². The van der Waals surface area contributed by atoms with Gasteiger partial charge in [-0.15, -0.1) is 0 Å². The van der Waals surface area contributed by atoms with Gasteiger partial charge in [0.05, 0.1) is 38.6 Å². The molecule has 3 aliphatic rings. The molecule has 600 valence electrons. The number of aliphatic hydroxyl groups excluding tert-OH is 11. The van der Waals surface area contributed by atoms with Crippen molar-refractivity contribution in [3.8, 4) is 0 Å². The summed E-state index contributed by atoms with van der Waals surface area (Å²) in [6, 6.07) is -0.988. The van der Waals surface area contributed by atoms with E-state index in [0.29, 0.717) is 12.8 Å². The minimum absolute atomic E-state index is 0.240. The fourth-order valence-electron chi connectivity index (χ4n) is 14.4. The second-order valence-corrected chi connectivity index (χ2v) is 30.3. The average molecular weight is 1460 g/mol. The summed E-state index contributed by atoms with van der Waals surface area (Å²) < 4.78 is 34.4. The Balaban J connectivity index is 1.27. The summed E-state index contributed by atoms with van der Waals surface area (Å²) in [5, 5.41) is 121. The van der Waals surface area contributed by atoms with Crippen molar-refractivity contribution in [2.24, 2.45) is 0 Å². The third-order valence-corrected chi connectivity index (χ3v) is 21.2. The quantitative estimate of drug-likeness (QED) is 0.0199. The van der Waals surface area contributed by atoms with Crippen LogP contribution in [0.5, 0.6) is 0 Å². The highest BCUT2D eigenvalue weighted by molar-refractivity contribution is 5.76. The third-order valence-electron chi connectivity index (χ3n) is 21.2. The van der Waals surface area contributed by atoms with E-state index in [1.54, 1.807) is 6.08 Å². The van der Waals surface area contributed by atoms with Crippen LogP contribution in [0.15, 0.2) is 36.5 Å². The van der Waals surface area contributed by atoms with Crippen LogP contribution >= 0.6 is 0 Å². The first-order valence-corrected chi connectivity index (χ1v) is 42.2. The van der Waals surface area contributed by atoms with Gasteiger partial charge in [-0.2, -0.15) is 0 Å². The lowest BCUT2D eigenvalue weighted by molar-refractivity contribution is -0.379. The molecule has 19 nitrogen and oxygen atoms in total. The summed E-state index contributed by atoms with van der Waals surface area (Å²) in [6.45, 7) is 1.75. The van der Waals surface area contributed by atoms with E-state index < -0.39 is 124 Å². The number of hydrogen-bond donors (Lipinski definition) is 12. The van der Waals surface area contributed by atoms with Gasteiger partial charge in [-0.3, -0.25) is 4.79 Å². The summed E-state index contributed by atoms with van der Waals surface area (Å²) in [7, 11) is 0. The predicted molar refractivity (Wildman–Crippen MR) is 406 cm³/mol. The largest absolute Gasteiger partial charge is 0.394 e. The first-order valence-electron chi connectivity index (χ1n) is 42.2. The summed E-state index contributed by atoms with van der Waals surface area (Å²) >= 11 is 0. The molecule has 102 heavy (non-hydrogen) atoms. The van der Waals surface area contributed by atoms with E-state index in [1.807, 2.05) is 6.08 Å². The van der Waals surface area contributed by atoms with Gasteiger partial charge in [0.2, 0.25) is 5.91 Å². The molecule has 1 amide bonds. The van der Waals surface area contributed by atoms with Gasteiger partial charge in [0, 0.05) is 6.42 Å². The Bertz CT molecular complexity index is 1980. The van der Waals surface area contributed by atoms with Crippen LogP contribution in [0.25, 0.3) is 0 Å². The normalized spacial score (nSPS) is 26.3. The van der Waals surface area contributed by atoms with Crippen molar-refractivity contribution in [2.75, 3.05) is 26.4 Å². The molecule has 3 rings (SSSR count). The number of amides is 1. The van der Waals surface area contributed by atoms with Crippen molar-refractivity contribution >= 4 is 5.91 Å². The lowest BCUT2D eigenvalue weighted by Gasteiger charge is -2.48. The van der Waals surface area contributed by atoms with E-state index in [4.69, 9.17) is 28.4 Å². The number of nitrogens with one attached hydrogen (secondary N) is 1. The topological polar surface area (TPSA) is 307 Å². The molecule has 0 aliphatic carbocycles. The number of aliphatic hydroxyl groups is 11. The maximum absolute atomic E-state index is 13.5. The molecule has 0 bridgehead atoms. The molecule has 3 fully saturated rings. The highest BCUT2D eigenvalue weighted by Crippen LogP contribution is 2.33. The molecule has 0 saturated carbocycles. The average Bonchev–Trinajstić information content (AvgIpc) is 0.755. The van der Waals surface area contributed by atoms with Crippen molar-refractivity contribution in [3.63, 3.8) is 0 Å². The smallest absolute Gasteiger partial charge is 0.220 e. The van der Waals surface area contributed by atoms with E-state index in [0.717, 1.165) is 38.5 Å². The van der Waals surface area contributed by atoms with Crippen LogP contribution in [0.3, 0.4) is 0 Å². The fraction of sp³-hybridized carbons (Fsp3) is 0.916. The van der Waals surface area contributed by atoms with Crippen LogP contribution in [-0.4, -0.2) is 193 Å². The summed E-state index contributed by atoms with van der Waals surface area (Å²) in [5.74, 6) is -0.279. The summed E-state index contributed by atoms with van der Waals surface area (Å²) in [4.78, 5) is 13.5. The van der Waals surface area contributed by atoms with Crippen LogP contribution in [0.4, 0.5) is 0 Å². The van der Waals surface area contributed by atoms with E-state index in [9.17, 15) is 61.0 Å². The fourth-order valence-corrected chi connectivity index (χ4v) is 14.4. The molecule has 3 saturated heterocycles. The minimum Gasteiger partial charge on any atom is -0.394 e. The van der Waals surface area contributed by atoms with Crippen LogP contribution in [0.1, 0.15) is 354 Å². The molecule has 19 heteroatoms. The number of unbranched alkanes of at least 4 members (excludes halogenated alkanes) is 48. The van der Waals surface area contributed by atoms with Crippen LogP contribution in [-0.2, 0) is 33.2 Å². The lowest BCUT2D eigenvalue weighted by Crippen LogP contribution is -2.66. The monoisotopic (exact) mass is 1450 g/mol. The standard InChI is InChI=1S/C83H155NO18/c1-3-5-7-9-11-13-15-17-19-21-22-23-24-25-26-27-28-29-30-31-32-33-34-35-36-37-38-39-40-41-42-43-44-45-47-49-51-53-55-57-59-61-71(89)84-66(67(88)60-58-56-54-52-50-48-46-20-18-16-14-12-10-8-6-4-2)65-97-81-77(95)74(92)79(69(63-86)99-81)102-83-78(96)75(93)80(70(64-87)100-83)101-82-76(94)73(91)72(90)68(62-85)98-82/h21-22,50,52,58,60,66-70,72-83,85-88,90-96H,3-20,23-49,51,53-57,59,61-65H2,1-2H3,(H,84,89)/b22-21-,52-50+,60-58+. The van der Waals surface area contributed by atoms with Gasteiger partial charge in [-0.05, 0) is 57.8 Å². The first-order chi connectivity index (χ1) is 49.8. The van der Waals surface area contributed by atoms with E-state index in [-0.39, 0.29) is 18.9 Å². The number of carbonyl (C=O) groups excluding carboxylic acids is 1. The summed E-state index contributed by atoms with van der Waals surface area (Å²) in [6.07, 6.45) is 53.3. The van der Waals surface area contributed by atoms with Crippen LogP contribution < -0.4 is 5.32 Å². The molecule has 3 aliphatic heterocycles. The molecule has 17 unspecified atom stereocenters. The Kier molecular flexibility index (Phi) is 59.0. The van der Waals surface area contributed by atoms with Gasteiger partial charge in [0.25, 0.3) is 0 Å². The minimum atomic E-state index is -1.98. The van der Waals surface area contributed by atoms with Crippen molar-refractivity contribution in [2.45, 2.75) is 458 Å².